The second-order valence-corrected chi connectivity index (χ2v) is 1.33. The summed E-state index contributed by atoms with van der Waals surface area (Å²) in [4.78, 5) is 7.60. The Morgan fingerprint density at radius 3 is 2.62 bits per heavy atom. The normalized spacial score (nSPS) is 12.5. The quantitative estimate of drug-likeness (QED) is 0.478. The molecule has 0 fully saturated rings. The number of hydrogen-bond donors (Lipinski definition) is 0. The highest BCUT2D eigenvalue weighted by Gasteiger charge is 1.74. The molecule has 8 heavy (non-hydrogen) atoms. The van der Waals surface area contributed by atoms with Gasteiger partial charge in [0.25, 0.3) is 0 Å². The zero-order valence-electron chi connectivity index (χ0n) is 5.26. The summed E-state index contributed by atoms with van der Waals surface area (Å²) >= 11 is 0. The summed E-state index contributed by atoms with van der Waals surface area (Å²) < 4.78 is 0. The van der Waals surface area contributed by atoms with E-state index in [-0.39, 0.29) is 0 Å². The second kappa shape index (κ2) is 4.24. The molecule has 0 N–H and O–H groups in total. The Morgan fingerprint density at radius 2 is 2.25 bits per heavy atom. The van der Waals surface area contributed by atoms with Crippen LogP contribution in [0.3, 0.4) is 0 Å². The molecule has 0 radical (unpaired) electrons. The van der Waals surface area contributed by atoms with Crippen LogP contribution in [0.2, 0.25) is 0 Å². The van der Waals surface area contributed by atoms with Gasteiger partial charge in [0.15, 0.2) is 0 Å². The number of rotatable bonds is 2. The smallest absolute Gasteiger partial charge is 0.0496 e. The van der Waals surface area contributed by atoms with Gasteiger partial charge in [0, 0.05) is 25.2 Å². The number of nitrogens with zero attached hydrogens (tertiary/aromatic N) is 2. The molecule has 0 rings (SSSR count). The lowest BCUT2D eigenvalue weighted by atomic mass is 10.5. The third-order valence-corrected chi connectivity index (χ3v) is 0.719. The molecule has 0 bridgehead atoms. The molecule has 0 saturated carbocycles. The third-order valence-electron chi connectivity index (χ3n) is 0.719. The van der Waals surface area contributed by atoms with Crippen LogP contribution in [0.4, 0.5) is 0 Å². The Morgan fingerprint density at radius 1 is 1.62 bits per heavy atom. The Balaban J connectivity index is 3.69. The van der Waals surface area contributed by atoms with E-state index in [0.717, 1.165) is 5.71 Å². The van der Waals surface area contributed by atoms with Gasteiger partial charge in [-0.25, -0.2) is 0 Å². The summed E-state index contributed by atoms with van der Waals surface area (Å²) in [7, 11) is 1.73. The summed E-state index contributed by atoms with van der Waals surface area (Å²) in [6, 6.07) is 0. The van der Waals surface area contributed by atoms with Crippen molar-refractivity contribution in [3.8, 4) is 0 Å². The standard InChI is InChI=1S/C6H10N2/c1-4-8-5-6(2)7-3/h4-5H,1H2,2-3H3/b7-6-,8-5-. The minimum atomic E-state index is 0.907. The average molecular weight is 110 g/mol. The molecule has 0 aliphatic rings. The van der Waals surface area contributed by atoms with Gasteiger partial charge in [0.2, 0.25) is 0 Å². The van der Waals surface area contributed by atoms with Gasteiger partial charge in [0.05, 0.1) is 0 Å². The van der Waals surface area contributed by atoms with E-state index in [1.54, 1.807) is 13.3 Å². The van der Waals surface area contributed by atoms with Crippen LogP contribution in [0.25, 0.3) is 0 Å². The second-order valence-electron chi connectivity index (χ2n) is 1.33. The fourth-order valence-corrected chi connectivity index (χ4v) is 0.218. The minimum Gasteiger partial charge on any atom is -0.292 e. The van der Waals surface area contributed by atoms with Crippen molar-refractivity contribution < 1.29 is 0 Å². The van der Waals surface area contributed by atoms with Crippen LogP contribution < -0.4 is 0 Å². The van der Waals surface area contributed by atoms with Crippen molar-refractivity contribution in [2.75, 3.05) is 7.05 Å². The van der Waals surface area contributed by atoms with Gasteiger partial charge in [0.1, 0.15) is 0 Å². The highest BCUT2D eigenvalue weighted by molar-refractivity contribution is 6.29. The highest BCUT2D eigenvalue weighted by atomic mass is 14.7. The van der Waals surface area contributed by atoms with E-state index < -0.39 is 0 Å². The van der Waals surface area contributed by atoms with Crippen LogP contribution >= 0.6 is 0 Å². The molecule has 0 saturated heterocycles. The number of aliphatic imine (C=N–C) groups is 2. The molecule has 2 nitrogen and oxygen atoms in total. The van der Waals surface area contributed by atoms with Gasteiger partial charge >= 0.3 is 0 Å². The van der Waals surface area contributed by atoms with Gasteiger partial charge in [-0.3, -0.25) is 9.98 Å². The molecule has 0 heterocycles. The van der Waals surface area contributed by atoms with Gasteiger partial charge in [-0.2, -0.15) is 0 Å². The topological polar surface area (TPSA) is 24.7 Å². The molecule has 0 aromatic heterocycles. The predicted octanol–water partition coefficient (Wildman–Crippen LogP) is 1.29. The summed E-state index contributed by atoms with van der Waals surface area (Å²) in [6.45, 7) is 5.30. The van der Waals surface area contributed by atoms with E-state index in [4.69, 9.17) is 0 Å². The molecule has 2 heteroatoms. The van der Waals surface area contributed by atoms with E-state index in [1.165, 1.54) is 6.20 Å². The lowest BCUT2D eigenvalue weighted by Crippen LogP contribution is -1.89. The molecular formula is C6H10N2. The zero-order chi connectivity index (χ0) is 6.41. The maximum absolute atomic E-state index is 3.85. The van der Waals surface area contributed by atoms with Crippen LogP contribution in [0, 0.1) is 0 Å². The Hall–Kier alpha value is -0.920. The maximum atomic E-state index is 3.85. The van der Waals surface area contributed by atoms with E-state index >= 15 is 0 Å². The largest absolute Gasteiger partial charge is 0.292 e. The molecular weight excluding hydrogens is 100 g/mol. The van der Waals surface area contributed by atoms with E-state index in [9.17, 15) is 0 Å². The molecule has 0 aromatic carbocycles. The van der Waals surface area contributed by atoms with Gasteiger partial charge in [-0.1, -0.05) is 6.58 Å². The van der Waals surface area contributed by atoms with E-state index in [1.807, 2.05) is 6.92 Å². The molecule has 0 aromatic rings. The first-order chi connectivity index (χ1) is 3.81. The van der Waals surface area contributed by atoms with Crippen molar-refractivity contribution in [3.05, 3.63) is 12.8 Å². The zero-order valence-corrected chi connectivity index (χ0v) is 5.26. The van der Waals surface area contributed by atoms with Gasteiger partial charge in [-0.05, 0) is 6.92 Å². The van der Waals surface area contributed by atoms with E-state index in [0.29, 0.717) is 0 Å². The molecule has 44 valence electrons. The van der Waals surface area contributed by atoms with E-state index in [2.05, 4.69) is 16.6 Å². The Kier molecular flexibility index (Phi) is 3.76. The monoisotopic (exact) mass is 110 g/mol. The molecule has 0 amide bonds. The maximum Gasteiger partial charge on any atom is 0.0496 e. The minimum absolute atomic E-state index is 0.907. The number of hydrogen-bond acceptors (Lipinski definition) is 2. The van der Waals surface area contributed by atoms with Crippen molar-refractivity contribution in [1.29, 1.82) is 0 Å². The van der Waals surface area contributed by atoms with Crippen molar-refractivity contribution in [3.63, 3.8) is 0 Å². The molecule has 0 atom stereocenters. The van der Waals surface area contributed by atoms with Crippen molar-refractivity contribution in [1.82, 2.24) is 0 Å². The average Bonchev–Trinajstić information content (AvgIpc) is 1.83. The predicted molar refractivity (Wildman–Crippen MR) is 37.7 cm³/mol. The Bertz CT molecular complexity index is 122. The van der Waals surface area contributed by atoms with Crippen LogP contribution in [-0.4, -0.2) is 19.0 Å². The first kappa shape index (κ1) is 7.08. The lowest BCUT2D eigenvalue weighted by molar-refractivity contribution is 1.44. The highest BCUT2D eigenvalue weighted by Crippen LogP contribution is 1.69. The lowest BCUT2D eigenvalue weighted by Gasteiger charge is -1.80. The van der Waals surface area contributed by atoms with Crippen LogP contribution in [0.5, 0.6) is 0 Å². The van der Waals surface area contributed by atoms with Gasteiger partial charge < -0.3 is 0 Å². The fraction of sp³-hybridized carbons (Fsp3) is 0.333. The van der Waals surface area contributed by atoms with Crippen LogP contribution in [0.15, 0.2) is 22.8 Å². The van der Waals surface area contributed by atoms with Crippen molar-refractivity contribution in [2.45, 2.75) is 6.92 Å². The summed E-state index contributed by atoms with van der Waals surface area (Å²) in [5.74, 6) is 0. The third kappa shape index (κ3) is 3.28. The van der Waals surface area contributed by atoms with Crippen LogP contribution in [-0.2, 0) is 0 Å². The van der Waals surface area contributed by atoms with Crippen LogP contribution in [0.1, 0.15) is 6.92 Å². The van der Waals surface area contributed by atoms with Crippen molar-refractivity contribution in [2.24, 2.45) is 9.98 Å². The SMILES string of the molecule is C=C/N=C\C(C)=N/C. The molecule has 0 unspecified atom stereocenters. The van der Waals surface area contributed by atoms with Gasteiger partial charge in [-0.15, -0.1) is 0 Å². The summed E-state index contributed by atoms with van der Waals surface area (Å²) in [5, 5.41) is 0. The first-order valence-electron chi connectivity index (χ1n) is 2.38. The molecule has 0 spiro atoms. The molecule has 0 aliphatic carbocycles. The first-order valence-corrected chi connectivity index (χ1v) is 2.38. The Labute approximate surface area is 49.7 Å². The van der Waals surface area contributed by atoms with Crippen molar-refractivity contribution >= 4 is 11.9 Å². The summed E-state index contributed by atoms with van der Waals surface area (Å²) in [5.41, 5.74) is 0.907. The summed E-state index contributed by atoms with van der Waals surface area (Å²) in [6.07, 6.45) is 3.14. The molecule has 0 aliphatic heterocycles. The fourth-order valence-electron chi connectivity index (χ4n) is 0.218.